The van der Waals surface area contributed by atoms with Crippen LogP contribution in [0.1, 0.15) is 30.0 Å². The lowest BCUT2D eigenvalue weighted by Crippen LogP contribution is -2.48. The van der Waals surface area contributed by atoms with Crippen molar-refractivity contribution in [3.05, 3.63) is 21.9 Å². The molecule has 0 saturated heterocycles. The molecule has 0 amide bonds. The summed E-state index contributed by atoms with van der Waals surface area (Å²) in [5, 5.41) is 3.30. The number of nitrogens with one attached hydrogen (secondary N) is 1. The fourth-order valence-corrected chi connectivity index (χ4v) is 3.94. The molecule has 1 aromatic heterocycles. The number of guanidine groups is 1. The third kappa shape index (κ3) is 4.21. The highest BCUT2D eigenvalue weighted by Gasteiger charge is 2.36. The molecule has 5 nitrogen and oxygen atoms in total. The molecule has 0 aromatic carbocycles. The fourth-order valence-electron chi connectivity index (χ4n) is 1.99. The summed E-state index contributed by atoms with van der Waals surface area (Å²) in [5.74, 6) is 1.90. The van der Waals surface area contributed by atoms with E-state index in [1.807, 2.05) is 11.6 Å². The molecule has 2 heterocycles. The van der Waals surface area contributed by atoms with E-state index in [0.29, 0.717) is 18.4 Å². The number of nitrogens with zero attached hydrogens (tertiary/aromatic N) is 2. The molecule has 0 radical (unpaired) electrons. The number of hydrogen-bond donors (Lipinski definition) is 3. The Hall–Kier alpha value is -1.05. The molecule has 7 heteroatoms. The number of hydrogen-bond acceptors (Lipinski definition) is 5. The van der Waals surface area contributed by atoms with E-state index in [1.165, 1.54) is 0 Å². The summed E-state index contributed by atoms with van der Waals surface area (Å²) in [6.07, 6.45) is 1.03. The molecule has 1 aromatic rings. The zero-order chi connectivity index (χ0) is 15.3. The van der Waals surface area contributed by atoms with Crippen molar-refractivity contribution in [1.29, 1.82) is 0 Å². The predicted molar refractivity (Wildman–Crippen MR) is 93.9 cm³/mol. The van der Waals surface area contributed by atoms with E-state index in [-0.39, 0.29) is 0 Å². The first-order valence-electron chi connectivity index (χ1n) is 7.08. The van der Waals surface area contributed by atoms with Gasteiger partial charge in [-0.3, -0.25) is 9.98 Å². The van der Waals surface area contributed by atoms with Crippen LogP contribution in [0.2, 0.25) is 0 Å². The van der Waals surface area contributed by atoms with Crippen LogP contribution in [0.5, 0.6) is 0 Å². The summed E-state index contributed by atoms with van der Waals surface area (Å²) in [5.41, 5.74) is 13.1. The van der Waals surface area contributed by atoms with Gasteiger partial charge in [-0.2, -0.15) is 0 Å². The minimum atomic E-state index is -0.492. The van der Waals surface area contributed by atoms with Crippen molar-refractivity contribution < 1.29 is 0 Å². The SMILES string of the molecule is CC(C)CCN=C(N)NC1(c2ccc(CN)s2)CSC=N1. The Morgan fingerprint density at radius 1 is 1.52 bits per heavy atom. The van der Waals surface area contributed by atoms with Crippen molar-refractivity contribution in [2.24, 2.45) is 27.4 Å². The van der Waals surface area contributed by atoms with Gasteiger partial charge >= 0.3 is 0 Å². The highest BCUT2D eigenvalue weighted by molar-refractivity contribution is 8.12. The maximum absolute atomic E-state index is 6.04. The average Bonchev–Trinajstić information content (AvgIpc) is 3.07. The lowest BCUT2D eigenvalue weighted by atomic mass is 10.1. The van der Waals surface area contributed by atoms with Gasteiger partial charge in [-0.15, -0.1) is 23.1 Å². The summed E-state index contributed by atoms with van der Waals surface area (Å²) < 4.78 is 0. The van der Waals surface area contributed by atoms with Gasteiger partial charge in [0.25, 0.3) is 0 Å². The maximum Gasteiger partial charge on any atom is 0.190 e. The summed E-state index contributed by atoms with van der Waals surface area (Å²) >= 11 is 3.35. The molecular weight excluding hydrogens is 302 g/mol. The number of thioether (sulfide) groups is 1. The van der Waals surface area contributed by atoms with Crippen molar-refractivity contribution in [2.45, 2.75) is 32.5 Å². The van der Waals surface area contributed by atoms with Crippen LogP contribution in [-0.4, -0.2) is 23.8 Å². The van der Waals surface area contributed by atoms with Gasteiger partial charge in [0.15, 0.2) is 11.6 Å². The number of aliphatic imine (C=N–C) groups is 2. The van der Waals surface area contributed by atoms with Gasteiger partial charge in [0.05, 0.1) is 10.4 Å². The van der Waals surface area contributed by atoms with Crippen molar-refractivity contribution in [3.63, 3.8) is 0 Å². The van der Waals surface area contributed by atoms with Crippen LogP contribution in [0, 0.1) is 5.92 Å². The maximum atomic E-state index is 6.04. The van der Waals surface area contributed by atoms with Gasteiger partial charge in [-0.25, -0.2) is 0 Å². The zero-order valence-electron chi connectivity index (χ0n) is 12.5. The lowest BCUT2D eigenvalue weighted by Gasteiger charge is -2.26. The van der Waals surface area contributed by atoms with E-state index in [2.05, 4.69) is 35.2 Å². The van der Waals surface area contributed by atoms with E-state index in [9.17, 15) is 0 Å². The molecule has 0 spiro atoms. The van der Waals surface area contributed by atoms with Crippen LogP contribution >= 0.6 is 23.1 Å². The Morgan fingerprint density at radius 3 is 2.90 bits per heavy atom. The van der Waals surface area contributed by atoms with Crippen molar-refractivity contribution in [1.82, 2.24) is 5.32 Å². The van der Waals surface area contributed by atoms with Gasteiger partial charge in [-0.05, 0) is 24.5 Å². The molecule has 0 saturated carbocycles. The molecule has 2 rings (SSSR count). The zero-order valence-corrected chi connectivity index (χ0v) is 14.1. The third-order valence-electron chi connectivity index (χ3n) is 3.23. The van der Waals surface area contributed by atoms with Gasteiger partial charge in [0, 0.05) is 23.7 Å². The first-order chi connectivity index (χ1) is 10.1. The van der Waals surface area contributed by atoms with Crippen LogP contribution < -0.4 is 16.8 Å². The second-order valence-electron chi connectivity index (χ2n) is 5.45. The van der Waals surface area contributed by atoms with E-state index < -0.39 is 5.66 Å². The van der Waals surface area contributed by atoms with Gasteiger partial charge < -0.3 is 16.8 Å². The molecule has 1 aliphatic rings. The smallest absolute Gasteiger partial charge is 0.190 e. The van der Waals surface area contributed by atoms with Crippen molar-refractivity contribution in [2.75, 3.05) is 12.3 Å². The fraction of sp³-hybridized carbons (Fsp3) is 0.571. The molecule has 1 atom stereocenters. The largest absolute Gasteiger partial charge is 0.370 e. The third-order valence-corrected chi connectivity index (χ3v) is 5.33. The molecule has 5 N–H and O–H groups in total. The predicted octanol–water partition coefficient (Wildman–Crippen LogP) is 2.09. The molecular formula is C14H23N5S2. The Balaban J connectivity index is 2.10. The number of thiophene rings is 1. The highest BCUT2D eigenvalue weighted by Crippen LogP contribution is 2.35. The van der Waals surface area contributed by atoms with Crippen LogP contribution in [0.15, 0.2) is 22.1 Å². The normalized spacial score (nSPS) is 22.2. The minimum Gasteiger partial charge on any atom is -0.370 e. The summed E-state index contributed by atoms with van der Waals surface area (Å²) in [4.78, 5) is 11.3. The average molecular weight is 326 g/mol. The van der Waals surface area contributed by atoms with Crippen molar-refractivity contribution in [3.8, 4) is 0 Å². The van der Waals surface area contributed by atoms with Gasteiger partial charge in [0.1, 0.15) is 0 Å². The molecule has 0 bridgehead atoms. The van der Waals surface area contributed by atoms with E-state index in [0.717, 1.165) is 28.5 Å². The second-order valence-corrected chi connectivity index (χ2v) is 7.45. The monoisotopic (exact) mass is 325 g/mol. The first-order valence-corrected chi connectivity index (χ1v) is 8.95. The quantitative estimate of drug-likeness (QED) is 0.552. The first kappa shape index (κ1) is 16.3. The molecule has 116 valence electrons. The number of rotatable bonds is 6. The van der Waals surface area contributed by atoms with Crippen LogP contribution in [0.3, 0.4) is 0 Å². The minimum absolute atomic E-state index is 0.456. The Labute approximate surface area is 134 Å². The topological polar surface area (TPSA) is 88.8 Å². The Kier molecular flexibility index (Phi) is 5.66. The van der Waals surface area contributed by atoms with Gasteiger partial charge in [0.2, 0.25) is 0 Å². The standard InChI is InChI=1S/C14H23N5S2/c1-10(2)5-6-17-13(16)19-14(8-20-9-18-14)12-4-3-11(7-15)21-12/h3-4,9-10H,5-8,15H2,1-2H3,(H3,16,17,19). The van der Waals surface area contributed by atoms with Crippen LogP contribution in [0.4, 0.5) is 0 Å². The van der Waals surface area contributed by atoms with Crippen molar-refractivity contribution >= 4 is 34.6 Å². The van der Waals surface area contributed by atoms with E-state index >= 15 is 0 Å². The summed E-state index contributed by atoms with van der Waals surface area (Å²) in [7, 11) is 0. The van der Waals surface area contributed by atoms with Crippen LogP contribution in [0.25, 0.3) is 0 Å². The molecule has 0 aliphatic carbocycles. The van der Waals surface area contributed by atoms with E-state index in [1.54, 1.807) is 23.1 Å². The Morgan fingerprint density at radius 2 is 2.33 bits per heavy atom. The lowest BCUT2D eigenvalue weighted by molar-refractivity contribution is 0.485. The molecule has 1 aliphatic heterocycles. The number of nitrogens with two attached hydrogens (primary N) is 2. The molecule has 0 fully saturated rings. The Bertz CT molecular complexity index is 523. The highest BCUT2D eigenvalue weighted by atomic mass is 32.2. The molecule has 21 heavy (non-hydrogen) atoms. The van der Waals surface area contributed by atoms with E-state index in [4.69, 9.17) is 11.5 Å². The second kappa shape index (κ2) is 7.29. The molecule has 1 unspecified atom stereocenters. The summed E-state index contributed by atoms with van der Waals surface area (Å²) in [6, 6.07) is 4.12. The summed E-state index contributed by atoms with van der Waals surface area (Å²) in [6.45, 7) is 5.65. The van der Waals surface area contributed by atoms with Crippen LogP contribution in [-0.2, 0) is 12.2 Å². The van der Waals surface area contributed by atoms with Gasteiger partial charge in [-0.1, -0.05) is 13.8 Å².